The van der Waals surface area contributed by atoms with E-state index in [1.807, 2.05) is 13.0 Å². The quantitative estimate of drug-likeness (QED) is 0.897. The first-order valence-electron chi connectivity index (χ1n) is 8.18. The minimum absolute atomic E-state index is 0.0298. The Hall–Kier alpha value is -1.62. The number of anilines is 1. The van der Waals surface area contributed by atoms with Crippen LogP contribution in [0.3, 0.4) is 0 Å². The van der Waals surface area contributed by atoms with Gasteiger partial charge in [-0.15, -0.1) is 0 Å². The van der Waals surface area contributed by atoms with Gasteiger partial charge in [-0.25, -0.2) is 4.39 Å². The molecule has 22 heavy (non-hydrogen) atoms. The number of amides is 1. The highest BCUT2D eigenvalue weighted by Crippen LogP contribution is 2.24. The molecule has 120 valence electrons. The number of halogens is 1. The smallest absolute Gasteiger partial charge is 0.237 e. The monoisotopic (exact) mass is 305 g/mol. The minimum atomic E-state index is -0.180. The van der Waals surface area contributed by atoms with E-state index in [0.717, 1.165) is 56.6 Å². The van der Waals surface area contributed by atoms with Gasteiger partial charge in [0.15, 0.2) is 0 Å². The number of piperidine rings is 2. The van der Waals surface area contributed by atoms with Crippen LogP contribution in [0, 0.1) is 12.7 Å². The molecule has 2 N–H and O–H groups in total. The van der Waals surface area contributed by atoms with Crippen LogP contribution in [0.25, 0.3) is 0 Å². The van der Waals surface area contributed by atoms with Crippen LogP contribution < -0.4 is 15.5 Å². The fourth-order valence-electron chi connectivity index (χ4n) is 3.48. The molecule has 1 aromatic rings. The Labute approximate surface area is 131 Å². The van der Waals surface area contributed by atoms with Gasteiger partial charge in [-0.3, -0.25) is 4.79 Å². The molecule has 2 aliphatic heterocycles. The van der Waals surface area contributed by atoms with Crippen LogP contribution in [0.4, 0.5) is 10.1 Å². The van der Waals surface area contributed by atoms with Gasteiger partial charge in [0, 0.05) is 31.4 Å². The molecule has 0 aliphatic carbocycles. The summed E-state index contributed by atoms with van der Waals surface area (Å²) in [6.45, 7) is 4.64. The maximum Gasteiger partial charge on any atom is 0.237 e. The van der Waals surface area contributed by atoms with Gasteiger partial charge in [0.05, 0.1) is 6.04 Å². The summed E-state index contributed by atoms with van der Waals surface area (Å²) in [6.07, 6.45) is 4.02. The molecular weight excluding hydrogens is 281 g/mol. The van der Waals surface area contributed by atoms with E-state index < -0.39 is 0 Å². The zero-order valence-electron chi connectivity index (χ0n) is 13.1. The third kappa shape index (κ3) is 3.40. The van der Waals surface area contributed by atoms with Gasteiger partial charge in [-0.2, -0.15) is 0 Å². The summed E-state index contributed by atoms with van der Waals surface area (Å²) in [5.41, 5.74) is 2.10. The van der Waals surface area contributed by atoms with E-state index in [1.165, 1.54) is 6.07 Å². The number of carbonyl (C=O) groups is 1. The van der Waals surface area contributed by atoms with Crippen LogP contribution in [0.15, 0.2) is 18.2 Å². The van der Waals surface area contributed by atoms with Crippen molar-refractivity contribution in [2.45, 2.75) is 44.7 Å². The summed E-state index contributed by atoms with van der Waals surface area (Å²) < 4.78 is 13.2. The van der Waals surface area contributed by atoms with Crippen molar-refractivity contribution < 1.29 is 9.18 Å². The highest BCUT2D eigenvalue weighted by molar-refractivity contribution is 5.82. The average molecular weight is 305 g/mol. The zero-order valence-corrected chi connectivity index (χ0v) is 13.1. The molecule has 0 aromatic heterocycles. The number of carbonyl (C=O) groups excluding carboxylic acids is 1. The Kier molecular flexibility index (Phi) is 4.62. The van der Waals surface area contributed by atoms with Crippen molar-refractivity contribution >= 4 is 11.6 Å². The van der Waals surface area contributed by atoms with Gasteiger partial charge in [0.1, 0.15) is 5.82 Å². The topological polar surface area (TPSA) is 44.4 Å². The third-order valence-corrected chi connectivity index (χ3v) is 4.72. The van der Waals surface area contributed by atoms with Crippen molar-refractivity contribution in [3.63, 3.8) is 0 Å². The lowest BCUT2D eigenvalue weighted by Crippen LogP contribution is -2.54. The molecule has 5 heteroatoms. The number of aryl methyl sites for hydroxylation is 1. The van der Waals surface area contributed by atoms with Gasteiger partial charge >= 0.3 is 0 Å². The highest BCUT2D eigenvalue weighted by atomic mass is 19.1. The molecule has 2 fully saturated rings. The summed E-state index contributed by atoms with van der Waals surface area (Å²) in [5.74, 6) is -0.0378. The summed E-state index contributed by atoms with van der Waals surface area (Å²) in [7, 11) is 0. The Balaban J connectivity index is 1.55. The Morgan fingerprint density at radius 1 is 1.27 bits per heavy atom. The summed E-state index contributed by atoms with van der Waals surface area (Å²) in [5, 5.41) is 6.43. The van der Waals surface area contributed by atoms with Crippen LogP contribution >= 0.6 is 0 Å². The van der Waals surface area contributed by atoms with E-state index in [9.17, 15) is 9.18 Å². The predicted molar refractivity (Wildman–Crippen MR) is 85.5 cm³/mol. The van der Waals surface area contributed by atoms with Crippen molar-refractivity contribution in [1.82, 2.24) is 10.6 Å². The number of benzene rings is 1. The van der Waals surface area contributed by atoms with Gasteiger partial charge in [-0.05, 0) is 56.4 Å². The highest BCUT2D eigenvalue weighted by Gasteiger charge is 2.27. The number of nitrogens with zero attached hydrogens (tertiary/aromatic N) is 1. The summed E-state index contributed by atoms with van der Waals surface area (Å²) >= 11 is 0. The largest absolute Gasteiger partial charge is 0.371 e. The fourth-order valence-corrected chi connectivity index (χ4v) is 3.48. The predicted octanol–water partition coefficient (Wildman–Crippen LogP) is 1.97. The molecule has 1 amide bonds. The lowest BCUT2D eigenvalue weighted by atomic mass is 9.99. The number of rotatable bonds is 3. The van der Waals surface area contributed by atoms with Crippen molar-refractivity contribution in [3.05, 3.63) is 29.6 Å². The van der Waals surface area contributed by atoms with Crippen LogP contribution in [0.5, 0.6) is 0 Å². The molecule has 0 spiro atoms. The maximum absolute atomic E-state index is 13.2. The van der Waals surface area contributed by atoms with Crippen LogP contribution in [0.2, 0.25) is 0 Å². The summed E-state index contributed by atoms with van der Waals surface area (Å²) in [6, 6.07) is 5.35. The van der Waals surface area contributed by atoms with E-state index >= 15 is 0 Å². The van der Waals surface area contributed by atoms with E-state index in [2.05, 4.69) is 15.5 Å². The lowest BCUT2D eigenvalue weighted by Gasteiger charge is -2.37. The molecule has 0 radical (unpaired) electrons. The molecule has 0 saturated carbocycles. The molecule has 0 bridgehead atoms. The second-order valence-corrected chi connectivity index (χ2v) is 6.34. The van der Waals surface area contributed by atoms with E-state index in [0.29, 0.717) is 6.04 Å². The first kappa shape index (κ1) is 15.3. The first-order valence-corrected chi connectivity index (χ1v) is 8.18. The molecule has 4 nitrogen and oxygen atoms in total. The molecule has 3 rings (SSSR count). The first-order chi connectivity index (χ1) is 10.6. The van der Waals surface area contributed by atoms with Crippen molar-refractivity contribution in [2.75, 3.05) is 24.5 Å². The van der Waals surface area contributed by atoms with Crippen LogP contribution in [0.1, 0.15) is 31.2 Å². The summed E-state index contributed by atoms with van der Waals surface area (Å²) in [4.78, 5) is 14.1. The van der Waals surface area contributed by atoms with E-state index in [-0.39, 0.29) is 17.8 Å². The molecule has 1 atom stereocenters. The van der Waals surface area contributed by atoms with E-state index in [1.54, 1.807) is 6.07 Å². The van der Waals surface area contributed by atoms with Gasteiger partial charge in [-0.1, -0.05) is 0 Å². The normalized spacial score (nSPS) is 23.5. The fraction of sp³-hybridized carbons (Fsp3) is 0.588. The zero-order chi connectivity index (χ0) is 15.5. The van der Waals surface area contributed by atoms with Crippen molar-refractivity contribution in [3.8, 4) is 0 Å². The maximum atomic E-state index is 13.2. The van der Waals surface area contributed by atoms with Gasteiger partial charge < -0.3 is 15.5 Å². The molecule has 2 heterocycles. The molecule has 2 saturated heterocycles. The Morgan fingerprint density at radius 3 is 2.73 bits per heavy atom. The molecule has 1 aromatic carbocycles. The molecular formula is C17H24FN3O. The number of hydrogen-bond donors (Lipinski definition) is 2. The standard InChI is InChI=1S/C17H24FN3O/c1-12-11-13(18)4-5-16(12)21-9-6-14(7-10-21)20-15-3-2-8-19-17(15)22/h4-5,11,14-15,20H,2-3,6-10H2,1H3,(H,19,22). The second-order valence-electron chi connectivity index (χ2n) is 6.34. The van der Waals surface area contributed by atoms with Gasteiger partial charge in [0.2, 0.25) is 5.91 Å². The average Bonchev–Trinajstić information content (AvgIpc) is 2.51. The third-order valence-electron chi connectivity index (χ3n) is 4.72. The number of nitrogens with one attached hydrogen (secondary N) is 2. The Bertz CT molecular complexity index is 541. The van der Waals surface area contributed by atoms with Crippen LogP contribution in [-0.4, -0.2) is 37.6 Å². The van der Waals surface area contributed by atoms with E-state index in [4.69, 9.17) is 0 Å². The van der Waals surface area contributed by atoms with Crippen molar-refractivity contribution in [2.24, 2.45) is 0 Å². The molecule has 2 aliphatic rings. The van der Waals surface area contributed by atoms with Crippen molar-refractivity contribution in [1.29, 1.82) is 0 Å². The minimum Gasteiger partial charge on any atom is -0.371 e. The number of hydrogen-bond acceptors (Lipinski definition) is 3. The van der Waals surface area contributed by atoms with Gasteiger partial charge in [0.25, 0.3) is 0 Å². The Morgan fingerprint density at radius 2 is 2.05 bits per heavy atom. The second kappa shape index (κ2) is 6.65. The molecule has 1 unspecified atom stereocenters. The SMILES string of the molecule is Cc1cc(F)ccc1N1CCC(NC2CCCNC2=O)CC1. The van der Waals surface area contributed by atoms with Crippen LogP contribution in [-0.2, 0) is 4.79 Å². The lowest BCUT2D eigenvalue weighted by molar-refractivity contribution is -0.124.